The summed E-state index contributed by atoms with van der Waals surface area (Å²) in [7, 11) is -1.62. The second-order valence-corrected chi connectivity index (χ2v) is 3.36. The summed E-state index contributed by atoms with van der Waals surface area (Å²) in [5.41, 5.74) is 0.131. The zero-order valence-electron chi connectivity index (χ0n) is 7.40. The summed E-state index contributed by atoms with van der Waals surface area (Å²) in [6, 6.07) is 0. The molecule has 0 amide bonds. The first-order valence-corrected chi connectivity index (χ1v) is 4.28. The maximum atomic E-state index is 8.83. The highest BCUT2D eigenvalue weighted by atomic mass is 35.5. The van der Waals surface area contributed by atoms with E-state index < -0.39 is 7.12 Å². The molecule has 13 heavy (non-hydrogen) atoms. The number of nitrogens with zero attached hydrogens (tertiary/aromatic N) is 2. The van der Waals surface area contributed by atoms with E-state index in [0.717, 1.165) is 0 Å². The summed E-state index contributed by atoms with van der Waals surface area (Å²) in [6.07, 6.45) is 1.33. The molecule has 0 saturated carbocycles. The second kappa shape index (κ2) is 4.04. The summed E-state index contributed by atoms with van der Waals surface area (Å²) < 4.78 is 0. The summed E-state index contributed by atoms with van der Waals surface area (Å²) in [5, 5.41) is 17.7. The Balaban J connectivity index is 3.06. The molecule has 70 valence electrons. The van der Waals surface area contributed by atoms with Gasteiger partial charge in [0.25, 0.3) is 0 Å². The van der Waals surface area contributed by atoms with Crippen molar-refractivity contribution in [2.45, 2.75) is 19.8 Å². The van der Waals surface area contributed by atoms with Gasteiger partial charge in [0, 0.05) is 17.6 Å². The lowest BCUT2D eigenvalue weighted by Gasteiger charge is -2.06. The van der Waals surface area contributed by atoms with Crippen molar-refractivity contribution in [1.82, 2.24) is 9.97 Å². The third kappa shape index (κ3) is 2.40. The molecule has 0 bridgehead atoms. The molecule has 0 atom stereocenters. The topological polar surface area (TPSA) is 66.2 Å². The van der Waals surface area contributed by atoms with Crippen LogP contribution < -0.4 is 5.46 Å². The van der Waals surface area contributed by atoms with Crippen LogP contribution in [0, 0.1) is 0 Å². The molecule has 1 rings (SSSR count). The molecule has 2 N–H and O–H groups in total. The number of rotatable bonds is 2. The molecule has 1 aromatic rings. The second-order valence-electron chi connectivity index (χ2n) is 3.00. The normalized spacial score (nSPS) is 10.6. The van der Waals surface area contributed by atoms with Crippen molar-refractivity contribution >= 4 is 24.2 Å². The highest BCUT2D eigenvalue weighted by Crippen LogP contribution is 2.09. The van der Waals surface area contributed by atoms with Gasteiger partial charge < -0.3 is 10.0 Å². The van der Waals surface area contributed by atoms with E-state index in [9.17, 15) is 0 Å². The van der Waals surface area contributed by atoms with E-state index in [-0.39, 0.29) is 16.5 Å². The van der Waals surface area contributed by atoms with E-state index in [1.165, 1.54) is 6.20 Å². The smallest absolute Gasteiger partial charge is 0.423 e. The van der Waals surface area contributed by atoms with Crippen LogP contribution in [0.5, 0.6) is 0 Å². The van der Waals surface area contributed by atoms with E-state index in [2.05, 4.69) is 9.97 Å². The first-order valence-electron chi connectivity index (χ1n) is 3.91. The number of hydrogen-bond acceptors (Lipinski definition) is 4. The third-order valence-electron chi connectivity index (χ3n) is 1.58. The number of halogens is 1. The molecule has 0 aromatic carbocycles. The Morgan fingerprint density at radius 2 is 2.08 bits per heavy atom. The van der Waals surface area contributed by atoms with E-state index in [1.807, 2.05) is 13.8 Å². The van der Waals surface area contributed by atoms with E-state index in [0.29, 0.717) is 5.82 Å². The van der Waals surface area contributed by atoms with Gasteiger partial charge in [0.05, 0.1) is 0 Å². The fourth-order valence-electron chi connectivity index (χ4n) is 0.834. The Morgan fingerprint density at radius 3 is 2.46 bits per heavy atom. The van der Waals surface area contributed by atoms with E-state index >= 15 is 0 Å². The molecule has 6 heteroatoms. The Bertz CT molecular complexity index is 307. The van der Waals surface area contributed by atoms with Crippen LogP contribution in [0.1, 0.15) is 25.6 Å². The first kappa shape index (κ1) is 10.4. The van der Waals surface area contributed by atoms with Gasteiger partial charge in [0.15, 0.2) is 0 Å². The third-order valence-corrected chi connectivity index (χ3v) is 1.88. The molecule has 0 radical (unpaired) electrons. The molecule has 0 saturated heterocycles. The molecule has 0 aliphatic rings. The van der Waals surface area contributed by atoms with Crippen LogP contribution in [-0.2, 0) is 0 Å². The number of aromatic nitrogens is 2. The monoisotopic (exact) mass is 200 g/mol. The van der Waals surface area contributed by atoms with Crippen molar-refractivity contribution in [1.29, 1.82) is 0 Å². The minimum atomic E-state index is -1.62. The highest BCUT2D eigenvalue weighted by Gasteiger charge is 2.17. The first-order chi connectivity index (χ1) is 6.02. The van der Waals surface area contributed by atoms with Crippen molar-refractivity contribution in [2.75, 3.05) is 0 Å². The lowest BCUT2D eigenvalue weighted by Crippen LogP contribution is -2.32. The van der Waals surface area contributed by atoms with Crippen molar-refractivity contribution in [3.63, 3.8) is 0 Å². The zero-order chi connectivity index (χ0) is 10.0. The van der Waals surface area contributed by atoms with Crippen molar-refractivity contribution in [2.24, 2.45) is 0 Å². The quantitative estimate of drug-likeness (QED) is 0.518. The van der Waals surface area contributed by atoms with Crippen LogP contribution >= 0.6 is 11.6 Å². The van der Waals surface area contributed by atoms with Crippen molar-refractivity contribution in [3.8, 4) is 0 Å². The van der Waals surface area contributed by atoms with Gasteiger partial charge in [-0.1, -0.05) is 25.4 Å². The molecule has 0 spiro atoms. The largest absolute Gasteiger partial charge is 0.493 e. The minimum Gasteiger partial charge on any atom is -0.423 e. The lowest BCUT2D eigenvalue weighted by atomic mass is 9.83. The van der Waals surface area contributed by atoms with Crippen molar-refractivity contribution < 1.29 is 10.0 Å². The maximum absolute atomic E-state index is 8.83. The van der Waals surface area contributed by atoms with Crippen LogP contribution in [-0.4, -0.2) is 27.1 Å². The molecule has 4 nitrogen and oxygen atoms in total. The standard InChI is InChI=1S/C7H10BClN2O2/c1-4(2)7-10-3-5(8(12)13)6(9)11-7/h3-4,12-13H,1-2H3. The highest BCUT2D eigenvalue weighted by molar-refractivity contribution is 6.62. The Morgan fingerprint density at radius 1 is 1.46 bits per heavy atom. The molecular weight excluding hydrogens is 190 g/mol. The van der Waals surface area contributed by atoms with Gasteiger partial charge in [-0.05, 0) is 0 Å². The molecule has 0 aliphatic carbocycles. The predicted octanol–water partition coefficient (Wildman–Crippen LogP) is -0.0668. The van der Waals surface area contributed by atoms with Gasteiger partial charge in [-0.2, -0.15) is 0 Å². The zero-order valence-corrected chi connectivity index (χ0v) is 8.15. The summed E-state index contributed by atoms with van der Waals surface area (Å²) >= 11 is 5.70. The minimum absolute atomic E-state index is 0.0914. The van der Waals surface area contributed by atoms with Gasteiger partial charge in [-0.15, -0.1) is 0 Å². The van der Waals surface area contributed by atoms with Crippen LogP contribution in [0.4, 0.5) is 0 Å². The van der Waals surface area contributed by atoms with E-state index in [4.69, 9.17) is 21.6 Å². The molecule has 0 unspecified atom stereocenters. The maximum Gasteiger partial charge on any atom is 0.493 e. The summed E-state index contributed by atoms with van der Waals surface area (Å²) in [5.74, 6) is 0.761. The van der Waals surface area contributed by atoms with Gasteiger partial charge in [0.2, 0.25) is 0 Å². The van der Waals surface area contributed by atoms with Crippen LogP contribution in [0.15, 0.2) is 6.20 Å². The van der Waals surface area contributed by atoms with Gasteiger partial charge >= 0.3 is 7.12 Å². The number of hydrogen-bond donors (Lipinski definition) is 2. The summed E-state index contributed by atoms with van der Waals surface area (Å²) in [4.78, 5) is 7.87. The van der Waals surface area contributed by atoms with Gasteiger partial charge in [-0.3, -0.25) is 0 Å². The Hall–Kier alpha value is -0.645. The predicted molar refractivity (Wildman–Crippen MR) is 51.0 cm³/mol. The fraction of sp³-hybridized carbons (Fsp3) is 0.429. The van der Waals surface area contributed by atoms with Crippen LogP contribution in [0.25, 0.3) is 0 Å². The van der Waals surface area contributed by atoms with Gasteiger partial charge in [0.1, 0.15) is 11.0 Å². The van der Waals surface area contributed by atoms with Gasteiger partial charge in [-0.25, -0.2) is 9.97 Å². The molecule has 0 fully saturated rings. The summed E-state index contributed by atoms with van der Waals surface area (Å²) in [6.45, 7) is 3.86. The SMILES string of the molecule is CC(C)c1ncc(B(O)O)c(Cl)n1. The fourth-order valence-corrected chi connectivity index (χ4v) is 1.07. The lowest BCUT2D eigenvalue weighted by molar-refractivity contribution is 0.425. The molecule has 1 heterocycles. The Labute approximate surface area is 81.7 Å². The Kier molecular flexibility index (Phi) is 3.25. The average Bonchev–Trinajstić information content (AvgIpc) is 2.03. The molecular formula is C7H10BClN2O2. The average molecular weight is 200 g/mol. The molecule has 1 aromatic heterocycles. The molecule has 0 aliphatic heterocycles. The van der Waals surface area contributed by atoms with E-state index in [1.54, 1.807) is 0 Å². The van der Waals surface area contributed by atoms with Crippen LogP contribution in [0.2, 0.25) is 5.15 Å². The van der Waals surface area contributed by atoms with Crippen molar-refractivity contribution in [3.05, 3.63) is 17.2 Å². The van der Waals surface area contributed by atoms with Crippen LogP contribution in [0.3, 0.4) is 0 Å².